The quantitative estimate of drug-likeness (QED) is 0.358. The average molecular weight is 509 g/mol. The van der Waals surface area contributed by atoms with Crippen LogP contribution in [0.3, 0.4) is 0 Å². The molecule has 1 saturated heterocycles. The minimum Gasteiger partial charge on any atom is -0.489 e. The molecule has 3 atom stereocenters. The number of benzene rings is 2. The molecule has 3 aromatic rings. The first-order chi connectivity index (χ1) is 17.3. The van der Waals surface area contributed by atoms with Gasteiger partial charge >= 0.3 is 11.6 Å². The molecular formula is C25H20N2O8S. The Bertz CT molecular complexity index is 1500. The van der Waals surface area contributed by atoms with Crippen LogP contribution in [0.2, 0.25) is 0 Å². The zero-order valence-corrected chi connectivity index (χ0v) is 19.5. The maximum Gasteiger partial charge on any atom is 0.352 e. The third-order valence-corrected chi connectivity index (χ3v) is 7.59. The molecular weight excluding hydrogens is 488 g/mol. The molecule has 10 nitrogen and oxygen atoms in total. The number of nitrogens with zero attached hydrogens (tertiary/aromatic N) is 1. The second-order valence-electron chi connectivity index (χ2n) is 8.33. The number of β-lactam (4-membered cyclic amide) rings is 1. The molecule has 1 unspecified atom stereocenters. The van der Waals surface area contributed by atoms with Crippen LogP contribution >= 0.6 is 0 Å². The van der Waals surface area contributed by atoms with Gasteiger partial charge in [0.1, 0.15) is 35.1 Å². The van der Waals surface area contributed by atoms with E-state index in [-0.39, 0.29) is 30.1 Å². The predicted octanol–water partition coefficient (Wildman–Crippen LogP) is 1.17. The zero-order chi connectivity index (χ0) is 25.4. The van der Waals surface area contributed by atoms with E-state index < -0.39 is 45.6 Å². The molecule has 11 heteroatoms. The number of carbonyl (C=O) groups excluding carboxylic acids is 2. The van der Waals surface area contributed by atoms with Crippen molar-refractivity contribution in [2.24, 2.45) is 0 Å². The molecule has 1 fully saturated rings. The fourth-order valence-electron chi connectivity index (χ4n) is 4.27. The van der Waals surface area contributed by atoms with Crippen LogP contribution in [0.1, 0.15) is 5.56 Å². The van der Waals surface area contributed by atoms with Gasteiger partial charge in [0.2, 0.25) is 5.91 Å². The highest BCUT2D eigenvalue weighted by Crippen LogP contribution is 2.35. The van der Waals surface area contributed by atoms with Gasteiger partial charge in [0.15, 0.2) is 0 Å². The largest absolute Gasteiger partial charge is 0.489 e. The first kappa shape index (κ1) is 23.5. The number of carboxylic acids is 1. The number of carbonyl (C=O) groups is 3. The summed E-state index contributed by atoms with van der Waals surface area (Å²) in [5.74, 6) is -2.25. The summed E-state index contributed by atoms with van der Waals surface area (Å²) in [4.78, 5) is 49.8. The van der Waals surface area contributed by atoms with Crippen LogP contribution < -0.4 is 15.7 Å². The van der Waals surface area contributed by atoms with E-state index in [1.807, 2.05) is 6.07 Å². The van der Waals surface area contributed by atoms with Crippen LogP contribution in [0.5, 0.6) is 5.75 Å². The Morgan fingerprint density at radius 2 is 1.86 bits per heavy atom. The van der Waals surface area contributed by atoms with E-state index in [1.165, 1.54) is 12.1 Å². The van der Waals surface area contributed by atoms with Crippen LogP contribution in [0.25, 0.3) is 11.0 Å². The van der Waals surface area contributed by atoms with Gasteiger partial charge in [-0.25, -0.2) is 9.59 Å². The molecule has 2 aliphatic heterocycles. The average Bonchev–Trinajstić information content (AvgIpc) is 2.85. The minimum atomic E-state index is -1.66. The summed E-state index contributed by atoms with van der Waals surface area (Å²) in [5, 5.41) is 12.1. The SMILES string of the molecule is O=C(Cc1ccccc1)N[C@@H]1C(=O)N2C(C(=O)O)=C(COc3ccc4ccc(=O)oc4c3)CS(=O)[C@H]12. The van der Waals surface area contributed by atoms with Crippen molar-refractivity contribution in [3.63, 3.8) is 0 Å². The summed E-state index contributed by atoms with van der Waals surface area (Å²) in [6, 6.07) is 15.6. The number of carboxylic acid groups (broad SMARTS) is 1. The maximum absolute atomic E-state index is 13.0. The first-order valence-electron chi connectivity index (χ1n) is 11.0. The van der Waals surface area contributed by atoms with Crippen molar-refractivity contribution in [3.8, 4) is 5.75 Å². The van der Waals surface area contributed by atoms with Crippen LogP contribution in [0.15, 0.2) is 81.1 Å². The van der Waals surface area contributed by atoms with E-state index in [2.05, 4.69) is 5.32 Å². The third kappa shape index (κ3) is 4.40. The Morgan fingerprint density at radius 3 is 2.61 bits per heavy atom. The molecule has 0 bridgehead atoms. The van der Waals surface area contributed by atoms with Crippen molar-refractivity contribution in [2.75, 3.05) is 12.4 Å². The number of hydrogen-bond acceptors (Lipinski definition) is 7. The van der Waals surface area contributed by atoms with Gasteiger partial charge in [-0.2, -0.15) is 0 Å². The highest BCUT2D eigenvalue weighted by molar-refractivity contribution is 7.86. The summed E-state index contributed by atoms with van der Waals surface area (Å²) in [6.45, 7) is -0.239. The molecule has 36 heavy (non-hydrogen) atoms. The number of ether oxygens (including phenoxy) is 1. The lowest BCUT2D eigenvalue weighted by molar-refractivity contribution is -0.151. The third-order valence-electron chi connectivity index (χ3n) is 5.94. The van der Waals surface area contributed by atoms with Gasteiger partial charge in [-0.05, 0) is 23.8 Å². The van der Waals surface area contributed by atoms with E-state index in [9.17, 15) is 28.5 Å². The van der Waals surface area contributed by atoms with Crippen LogP contribution in [-0.4, -0.2) is 55.8 Å². The van der Waals surface area contributed by atoms with Gasteiger partial charge in [0, 0.05) is 23.1 Å². The van der Waals surface area contributed by atoms with Crippen molar-refractivity contribution in [2.45, 2.75) is 17.8 Å². The summed E-state index contributed by atoms with van der Waals surface area (Å²) in [7, 11) is -1.66. The van der Waals surface area contributed by atoms with Gasteiger partial charge < -0.3 is 19.6 Å². The number of rotatable bonds is 7. The molecule has 2 aromatic carbocycles. The number of aliphatic carboxylic acids is 1. The molecule has 2 aliphatic rings. The highest BCUT2D eigenvalue weighted by atomic mass is 32.2. The van der Waals surface area contributed by atoms with Crippen molar-refractivity contribution >= 4 is 39.6 Å². The van der Waals surface area contributed by atoms with E-state index in [0.717, 1.165) is 10.5 Å². The Labute approximate surface area is 206 Å². The van der Waals surface area contributed by atoms with E-state index in [0.29, 0.717) is 16.7 Å². The fraction of sp³-hybridized carbons (Fsp3) is 0.200. The topological polar surface area (TPSA) is 143 Å². The summed E-state index contributed by atoms with van der Waals surface area (Å²) in [5.41, 5.74) is 0.402. The van der Waals surface area contributed by atoms with E-state index in [4.69, 9.17) is 9.15 Å². The Kier molecular flexibility index (Phi) is 6.15. The zero-order valence-electron chi connectivity index (χ0n) is 18.7. The maximum atomic E-state index is 13.0. The summed E-state index contributed by atoms with van der Waals surface area (Å²) < 4.78 is 23.8. The summed E-state index contributed by atoms with van der Waals surface area (Å²) in [6.07, 6.45) is 0.0383. The Balaban J connectivity index is 1.32. The van der Waals surface area contributed by atoms with Crippen molar-refractivity contribution < 1.29 is 32.9 Å². The van der Waals surface area contributed by atoms with Gasteiger partial charge in [-0.3, -0.25) is 18.7 Å². The standard InChI is InChI=1S/C25H20N2O8S/c28-19(10-14-4-2-1-3-5-14)26-21-23(30)27-22(25(31)32)16(13-36(33)24(21)27)12-34-17-8-6-15-7-9-20(29)35-18(15)11-17/h1-9,11,21,24H,10,12-13H2,(H,26,28)(H,31,32)/t21-,24-,36?/m1/s1. The number of hydrogen-bond donors (Lipinski definition) is 2. The number of amides is 2. The molecule has 3 heterocycles. The lowest BCUT2D eigenvalue weighted by Gasteiger charge is -2.49. The molecule has 2 amide bonds. The van der Waals surface area contributed by atoms with E-state index in [1.54, 1.807) is 42.5 Å². The molecule has 5 rings (SSSR count). The number of fused-ring (bicyclic) bond motifs is 2. The van der Waals surface area contributed by atoms with Crippen molar-refractivity contribution in [1.82, 2.24) is 10.2 Å². The van der Waals surface area contributed by atoms with Crippen LogP contribution in [0, 0.1) is 0 Å². The summed E-state index contributed by atoms with van der Waals surface area (Å²) >= 11 is 0. The normalized spacial score (nSPS) is 21.1. The molecule has 0 radical (unpaired) electrons. The first-order valence-corrected chi connectivity index (χ1v) is 12.4. The Morgan fingerprint density at radius 1 is 1.11 bits per heavy atom. The number of nitrogens with one attached hydrogen (secondary N) is 1. The Hall–Kier alpha value is -4.25. The second kappa shape index (κ2) is 9.42. The minimum absolute atomic E-state index is 0.0383. The van der Waals surface area contributed by atoms with Crippen LogP contribution in [-0.2, 0) is 31.6 Å². The van der Waals surface area contributed by atoms with Gasteiger partial charge in [-0.15, -0.1) is 0 Å². The second-order valence-corrected chi connectivity index (χ2v) is 9.86. The van der Waals surface area contributed by atoms with Gasteiger partial charge in [0.25, 0.3) is 5.91 Å². The lowest BCUT2D eigenvalue weighted by atomic mass is 10.0. The molecule has 1 aromatic heterocycles. The van der Waals surface area contributed by atoms with Crippen LogP contribution in [0.4, 0.5) is 0 Å². The molecule has 2 N–H and O–H groups in total. The van der Waals surface area contributed by atoms with Gasteiger partial charge in [-0.1, -0.05) is 30.3 Å². The molecule has 0 saturated carbocycles. The molecule has 0 spiro atoms. The molecule has 184 valence electrons. The van der Waals surface area contributed by atoms with Crippen molar-refractivity contribution in [1.29, 1.82) is 0 Å². The van der Waals surface area contributed by atoms with Crippen molar-refractivity contribution in [3.05, 3.63) is 87.9 Å². The monoisotopic (exact) mass is 508 g/mol. The highest BCUT2D eigenvalue weighted by Gasteiger charge is 2.57. The van der Waals surface area contributed by atoms with Gasteiger partial charge in [0.05, 0.1) is 23.0 Å². The van der Waals surface area contributed by atoms with E-state index >= 15 is 0 Å². The lowest BCUT2D eigenvalue weighted by Crippen LogP contribution is -2.73. The molecule has 0 aliphatic carbocycles. The fourth-order valence-corrected chi connectivity index (χ4v) is 5.94. The predicted molar refractivity (Wildman–Crippen MR) is 128 cm³/mol. The smallest absolute Gasteiger partial charge is 0.352 e.